The third-order valence-corrected chi connectivity index (χ3v) is 1.97. The number of nitrogens with zero attached hydrogens (tertiary/aromatic N) is 1. The number of nitrogens with one attached hydrogen (secondary N) is 1. The van der Waals surface area contributed by atoms with Crippen LogP contribution in [0.2, 0.25) is 0 Å². The minimum Gasteiger partial charge on any atom is -0.494 e. The molecular formula is C12H20N2O. The minimum atomic E-state index is 0.782. The van der Waals surface area contributed by atoms with Crippen molar-refractivity contribution in [2.24, 2.45) is 0 Å². The van der Waals surface area contributed by atoms with Gasteiger partial charge in [0.25, 0.3) is 0 Å². The Morgan fingerprint density at radius 1 is 1.33 bits per heavy atom. The Hall–Kier alpha value is -1.06. The average molecular weight is 208 g/mol. The fourth-order valence-electron chi connectivity index (χ4n) is 1.21. The molecule has 1 aromatic rings. The Morgan fingerprint density at radius 2 is 2.13 bits per heavy atom. The van der Waals surface area contributed by atoms with Crippen LogP contribution >= 0.6 is 0 Å². The summed E-state index contributed by atoms with van der Waals surface area (Å²) in [7, 11) is 3.97. The Balaban J connectivity index is 2.50. The van der Waals surface area contributed by atoms with Crippen molar-refractivity contribution in [2.45, 2.75) is 19.9 Å². The van der Waals surface area contributed by atoms with Crippen molar-refractivity contribution in [1.82, 2.24) is 10.4 Å². The summed E-state index contributed by atoms with van der Waals surface area (Å²) in [5, 5.41) is 1.94. The van der Waals surface area contributed by atoms with Crippen LogP contribution in [-0.2, 0) is 6.54 Å². The molecule has 1 aromatic carbocycles. The molecule has 3 heteroatoms. The Kier molecular flexibility index (Phi) is 5.15. The Bertz CT molecular complexity index is 287. The maximum absolute atomic E-state index is 5.56. The Morgan fingerprint density at radius 3 is 2.80 bits per heavy atom. The van der Waals surface area contributed by atoms with Crippen LogP contribution in [0.4, 0.5) is 0 Å². The highest BCUT2D eigenvalue weighted by Gasteiger charge is 1.97. The molecule has 0 saturated heterocycles. The highest BCUT2D eigenvalue weighted by atomic mass is 16.5. The van der Waals surface area contributed by atoms with E-state index in [0.717, 1.165) is 25.3 Å². The molecule has 0 aliphatic carbocycles. The molecule has 3 nitrogen and oxygen atoms in total. The maximum atomic E-state index is 5.56. The molecule has 1 N–H and O–H groups in total. The molecule has 0 aliphatic rings. The second kappa shape index (κ2) is 6.43. The normalized spacial score (nSPS) is 10.7. The van der Waals surface area contributed by atoms with E-state index in [-0.39, 0.29) is 0 Å². The quantitative estimate of drug-likeness (QED) is 0.724. The number of rotatable bonds is 6. The van der Waals surface area contributed by atoms with E-state index in [4.69, 9.17) is 4.74 Å². The highest BCUT2D eigenvalue weighted by molar-refractivity contribution is 5.28. The van der Waals surface area contributed by atoms with Crippen molar-refractivity contribution >= 4 is 0 Å². The van der Waals surface area contributed by atoms with E-state index in [2.05, 4.69) is 24.5 Å². The van der Waals surface area contributed by atoms with Gasteiger partial charge in [-0.2, -0.15) is 0 Å². The lowest BCUT2D eigenvalue weighted by Gasteiger charge is -2.12. The first-order valence-electron chi connectivity index (χ1n) is 5.35. The van der Waals surface area contributed by atoms with Crippen LogP contribution in [0.25, 0.3) is 0 Å². The molecule has 84 valence electrons. The zero-order valence-electron chi connectivity index (χ0n) is 9.79. The van der Waals surface area contributed by atoms with Crippen LogP contribution in [-0.4, -0.2) is 25.7 Å². The van der Waals surface area contributed by atoms with Gasteiger partial charge < -0.3 is 4.74 Å². The first-order valence-corrected chi connectivity index (χ1v) is 5.35. The fourth-order valence-corrected chi connectivity index (χ4v) is 1.21. The summed E-state index contributed by atoms with van der Waals surface area (Å²) in [6, 6.07) is 8.19. The lowest BCUT2D eigenvalue weighted by molar-refractivity contribution is 0.285. The summed E-state index contributed by atoms with van der Waals surface area (Å²) in [5.74, 6) is 0.954. The molecule has 0 amide bonds. The van der Waals surface area contributed by atoms with Gasteiger partial charge in [-0.05, 0) is 24.1 Å². The molecule has 0 aromatic heterocycles. The van der Waals surface area contributed by atoms with Crippen LogP contribution in [0.15, 0.2) is 24.3 Å². The summed E-state index contributed by atoms with van der Waals surface area (Å²) < 4.78 is 5.56. The van der Waals surface area contributed by atoms with Crippen molar-refractivity contribution in [1.29, 1.82) is 0 Å². The fraction of sp³-hybridized carbons (Fsp3) is 0.500. The largest absolute Gasteiger partial charge is 0.494 e. The molecule has 0 aliphatic heterocycles. The number of hydrogen-bond donors (Lipinski definition) is 1. The molecule has 0 spiro atoms. The van der Waals surface area contributed by atoms with E-state index in [0.29, 0.717) is 0 Å². The third-order valence-electron chi connectivity index (χ3n) is 1.97. The number of hydrazine groups is 1. The van der Waals surface area contributed by atoms with Crippen LogP contribution in [0, 0.1) is 0 Å². The van der Waals surface area contributed by atoms with Crippen molar-refractivity contribution < 1.29 is 4.74 Å². The topological polar surface area (TPSA) is 24.5 Å². The summed E-state index contributed by atoms with van der Waals surface area (Å²) in [6.07, 6.45) is 1.04. The molecule has 0 radical (unpaired) electrons. The van der Waals surface area contributed by atoms with Crippen LogP contribution in [0.5, 0.6) is 5.75 Å². The van der Waals surface area contributed by atoms with Gasteiger partial charge in [0.1, 0.15) is 5.75 Å². The van der Waals surface area contributed by atoms with E-state index in [9.17, 15) is 0 Å². The summed E-state index contributed by atoms with van der Waals surface area (Å²) in [6.45, 7) is 3.72. The van der Waals surface area contributed by atoms with Gasteiger partial charge in [0, 0.05) is 20.6 Å². The lowest BCUT2D eigenvalue weighted by atomic mass is 10.2. The first-order chi connectivity index (χ1) is 7.22. The van der Waals surface area contributed by atoms with Gasteiger partial charge in [0.05, 0.1) is 6.61 Å². The summed E-state index contributed by atoms with van der Waals surface area (Å²) in [5.41, 5.74) is 4.46. The highest BCUT2D eigenvalue weighted by Crippen LogP contribution is 2.13. The molecule has 0 heterocycles. The van der Waals surface area contributed by atoms with E-state index in [1.54, 1.807) is 0 Å². The van der Waals surface area contributed by atoms with Crippen molar-refractivity contribution in [2.75, 3.05) is 20.7 Å². The van der Waals surface area contributed by atoms with Crippen molar-refractivity contribution in [3.05, 3.63) is 29.8 Å². The van der Waals surface area contributed by atoms with Gasteiger partial charge in [0.2, 0.25) is 0 Å². The number of hydrogen-bond acceptors (Lipinski definition) is 3. The zero-order chi connectivity index (χ0) is 11.1. The van der Waals surface area contributed by atoms with E-state index >= 15 is 0 Å². The Labute approximate surface area is 92.0 Å². The maximum Gasteiger partial charge on any atom is 0.119 e. The SMILES string of the molecule is CCCOc1cccc(CNN(C)C)c1. The lowest BCUT2D eigenvalue weighted by Crippen LogP contribution is -2.29. The van der Waals surface area contributed by atoms with Crippen LogP contribution in [0.3, 0.4) is 0 Å². The average Bonchev–Trinajstić information content (AvgIpc) is 2.24. The molecule has 0 unspecified atom stereocenters. The predicted octanol–water partition coefficient (Wildman–Crippen LogP) is 2.04. The summed E-state index contributed by atoms with van der Waals surface area (Å²) in [4.78, 5) is 0. The van der Waals surface area contributed by atoms with Crippen LogP contribution in [0.1, 0.15) is 18.9 Å². The van der Waals surface area contributed by atoms with E-state index < -0.39 is 0 Å². The molecule has 0 bridgehead atoms. The molecule has 0 saturated carbocycles. The molecule has 0 atom stereocenters. The predicted molar refractivity (Wildman–Crippen MR) is 62.8 cm³/mol. The van der Waals surface area contributed by atoms with Crippen molar-refractivity contribution in [3.8, 4) is 5.75 Å². The standard InChI is InChI=1S/C12H20N2O/c1-4-8-15-12-7-5-6-11(9-12)10-13-14(2)3/h5-7,9,13H,4,8,10H2,1-3H3. The third kappa shape index (κ3) is 4.81. The van der Waals surface area contributed by atoms with Gasteiger partial charge in [-0.15, -0.1) is 0 Å². The number of benzene rings is 1. The second-order valence-corrected chi connectivity index (χ2v) is 3.73. The van der Waals surface area contributed by atoms with Gasteiger partial charge in [-0.25, -0.2) is 0 Å². The minimum absolute atomic E-state index is 0.782. The van der Waals surface area contributed by atoms with E-state index in [1.807, 2.05) is 31.2 Å². The van der Waals surface area contributed by atoms with E-state index in [1.165, 1.54) is 5.56 Å². The molecule has 0 fully saturated rings. The van der Waals surface area contributed by atoms with Gasteiger partial charge in [-0.1, -0.05) is 19.1 Å². The molecular weight excluding hydrogens is 188 g/mol. The smallest absolute Gasteiger partial charge is 0.119 e. The molecule has 15 heavy (non-hydrogen) atoms. The van der Waals surface area contributed by atoms with Gasteiger partial charge in [-0.3, -0.25) is 10.4 Å². The van der Waals surface area contributed by atoms with Crippen molar-refractivity contribution in [3.63, 3.8) is 0 Å². The van der Waals surface area contributed by atoms with Crippen LogP contribution < -0.4 is 10.2 Å². The summed E-state index contributed by atoms with van der Waals surface area (Å²) >= 11 is 0. The molecule has 1 rings (SSSR count). The van der Waals surface area contributed by atoms with Gasteiger partial charge in [0.15, 0.2) is 0 Å². The zero-order valence-corrected chi connectivity index (χ0v) is 9.79. The second-order valence-electron chi connectivity index (χ2n) is 3.73. The number of ether oxygens (including phenoxy) is 1. The van der Waals surface area contributed by atoms with Gasteiger partial charge >= 0.3 is 0 Å². The monoisotopic (exact) mass is 208 g/mol. The first kappa shape index (κ1) is 12.0.